The van der Waals surface area contributed by atoms with Crippen molar-refractivity contribution in [3.05, 3.63) is 85.2 Å². The van der Waals surface area contributed by atoms with E-state index in [4.69, 9.17) is 20.6 Å². The van der Waals surface area contributed by atoms with Crippen LogP contribution in [-0.2, 0) is 0 Å². The average Bonchev–Trinajstić information content (AvgIpc) is 3.25. The number of rotatable bonds is 8. The van der Waals surface area contributed by atoms with Gasteiger partial charge in [0.15, 0.2) is 0 Å². The van der Waals surface area contributed by atoms with Gasteiger partial charge in [0.2, 0.25) is 5.95 Å². The van der Waals surface area contributed by atoms with E-state index >= 15 is 0 Å². The zero-order valence-electron chi connectivity index (χ0n) is 19.7. The molecule has 0 radical (unpaired) electrons. The molecule has 0 fully saturated rings. The minimum absolute atomic E-state index is 0.498. The maximum absolute atomic E-state index is 6.06. The number of aromatic nitrogens is 4. The van der Waals surface area contributed by atoms with Gasteiger partial charge >= 0.3 is 0 Å². The molecule has 3 heterocycles. The van der Waals surface area contributed by atoms with E-state index in [1.807, 2.05) is 97.6 Å². The maximum atomic E-state index is 6.06. The van der Waals surface area contributed by atoms with Gasteiger partial charge in [-0.15, -0.1) is 0 Å². The first-order valence-corrected chi connectivity index (χ1v) is 11.4. The van der Waals surface area contributed by atoms with E-state index in [2.05, 4.69) is 15.2 Å². The normalized spacial score (nSPS) is 11.2. The Balaban J connectivity index is 1.44. The lowest BCUT2D eigenvalue weighted by Crippen LogP contribution is -2.19. The number of likely N-dealkylation sites (N-methyl/N-ethyl adjacent to an activating group) is 1. The zero-order chi connectivity index (χ0) is 24.2. The first kappa shape index (κ1) is 22.4. The van der Waals surface area contributed by atoms with Gasteiger partial charge in [-0.25, -0.2) is 14.5 Å². The van der Waals surface area contributed by atoms with E-state index in [0.29, 0.717) is 18.2 Å². The molecule has 0 aliphatic rings. The number of hydrogen-bond donors (Lipinski definition) is 2. The first-order valence-electron chi connectivity index (χ1n) is 11.4. The van der Waals surface area contributed by atoms with Crippen LogP contribution < -0.4 is 15.8 Å². The summed E-state index contributed by atoms with van der Waals surface area (Å²) in [6.45, 7) is 1.50. The number of ether oxygens (including phenoxy) is 1. The average molecular weight is 466 g/mol. The third-order valence-corrected chi connectivity index (χ3v) is 5.53. The lowest BCUT2D eigenvalue weighted by atomic mass is 10.0. The number of nitrogen functional groups attached to an aromatic ring is 1. The molecule has 0 aliphatic heterocycles. The lowest BCUT2D eigenvalue weighted by molar-refractivity contribution is 0.261. The predicted octanol–water partition coefficient (Wildman–Crippen LogP) is 4.72. The van der Waals surface area contributed by atoms with Crippen molar-refractivity contribution in [1.29, 1.82) is 0 Å². The SMILES string of the molecule is CN(C)CCOc1ccc(Nc2nccc(-c3c(-c4cccc(N)c4)nn4ccccc34)n2)cc1. The Morgan fingerprint density at radius 1 is 1.00 bits per heavy atom. The van der Waals surface area contributed by atoms with Crippen molar-refractivity contribution in [3.8, 4) is 28.3 Å². The van der Waals surface area contributed by atoms with Gasteiger partial charge in [0, 0.05) is 35.9 Å². The van der Waals surface area contributed by atoms with Crippen LogP contribution in [0.3, 0.4) is 0 Å². The van der Waals surface area contributed by atoms with Crippen molar-refractivity contribution in [1.82, 2.24) is 24.5 Å². The van der Waals surface area contributed by atoms with Crippen molar-refractivity contribution in [2.45, 2.75) is 0 Å². The van der Waals surface area contributed by atoms with Gasteiger partial charge in [0.25, 0.3) is 0 Å². The monoisotopic (exact) mass is 465 g/mol. The van der Waals surface area contributed by atoms with Crippen LogP contribution in [0.1, 0.15) is 0 Å². The quantitative estimate of drug-likeness (QED) is 0.320. The standard InChI is InChI=1S/C27H27N7O/c1-33(2)16-17-35-22-11-9-21(10-12-22)30-27-29-14-13-23(31-27)25-24-8-3-4-15-34(24)32-26(25)19-6-5-7-20(28)18-19/h3-15,18H,16-17,28H2,1-2H3,(H,29,30,31). The second-order valence-electron chi connectivity index (χ2n) is 8.45. The highest BCUT2D eigenvalue weighted by atomic mass is 16.5. The Kier molecular flexibility index (Phi) is 6.28. The molecule has 0 saturated heterocycles. The van der Waals surface area contributed by atoms with Crippen molar-refractivity contribution in [2.75, 3.05) is 38.3 Å². The fraction of sp³-hybridized carbons (Fsp3) is 0.148. The number of nitrogens with two attached hydrogens (primary N) is 1. The van der Waals surface area contributed by atoms with Crippen LogP contribution in [-0.4, -0.2) is 51.7 Å². The summed E-state index contributed by atoms with van der Waals surface area (Å²) in [4.78, 5) is 11.3. The molecule has 3 N–H and O–H groups in total. The Hall–Kier alpha value is -4.43. The van der Waals surface area contributed by atoms with Gasteiger partial charge < -0.3 is 20.7 Å². The molecule has 0 atom stereocenters. The zero-order valence-corrected chi connectivity index (χ0v) is 19.7. The second-order valence-corrected chi connectivity index (χ2v) is 8.45. The molecule has 0 spiro atoms. The molecule has 0 unspecified atom stereocenters. The number of benzene rings is 2. The van der Waals surface area contributed by atoms with Crippen molar-refractivity contribution < 1.29 is 4.74 Å². The Labute approximate surface area is 204 Å². The van der Waals surface area contributed by atoms with Crippen molar-refractivity contribution >= 4 is 22.8 Å². The van der Waals surface area contributed by atoms with E-state index in [-0.39, 0.29) is 0 Å². The number of hydrogen-bond acceptors (Lipinski definition) is 7. The molecule has 35 heavy (non-hydrogen) atoms. The number of pyridine rings is 1. The van der Waals surface area contributed by atoms with Gasteiger partial charge in [-0.3, -0.25) is 0 Å². The maximum Gasteiger partial charge on any atom is 0.227 e. The van der Waals surface area contributed by atoms with Crippen LogP contribution in [0.5, 0.6) is 5.75 Å². The van der Waals surface area contributed by atoms with Crippen LogP contribution in [0, 0.1) is 0 Å². The third-order valence-electron chi connectivity index (χ3n) is 5.53. The molecule has 3 aromatic heterocycles. The fourth-order valence-corrected chi connectivity index (χ4v) is 3.81. The minimum Gasteiger partial charge on any atom is -0.492 e. The molecule has 2 aromatic carbocycles. The number of nitrogens with one attached hydrogen (secondary N) is 1. The minimum atomic E-state index is 0.498. The first-order chi connectivity index (χ1) is 17.1. The number of fused-ring (bicyclic) bond motifs is 1. The third kappa shape index (κ3) is 5.07. The van der Waals surface area contributed by atoms with Gasteiger partial charge in [-0.2, -0.15) is 5.10 Å². The van der Waals surface area contributed by atoms with E-state index in [1.54, 1.807) is 6.20 Å². The summed E-state index contributed by atoms with van der Waals surface area (Å²) < 4.78 is 7.63. The van der Waals surface area contributed by atoms with Gasteiger partial charge in [0.05, 0.1) is 16.8 Å². The van der Waals surface area contributed by atoms with Gasteiger partial charge in [-0.1, -0.05) is 18.2 Å². The summed E-state index contributed by atoms with van der Waals surface area (Å²) >= 11 is 0. The fourth-order valence-electron chi connectivity index (χ4n) is 3.81. The van der Waals surface area contributed by atoms with Crippen LogP contribution in [0.4, 0.5) is 17.3 Å². The Morgan fingerprint density at radius 3 is 2.66 bits per heavy atom. The molecule has 0 aliphatic carbocycles. The van der Waals surface area contributed by atoms with E-state index in [1.165, 1.54) is 0 Å². The Bertz CT molecular complexity index is 1440. The summed E-state index contributed by atoms with van der Waals surface area (Å²) in [5.41, 5.74) is 12.0. The smallest absolute Gasteiger partial charge is 0.227 e. The molecule has 0 saturated carbocycles. The van der Waals surface area contributed by atoms with Crippen LogP contribution in [0.2, 0.25) is 0 Å². The summed E-state index contributed by atoms with van der Waals surface area (Å²) in [5.74, 6) is 1.32. The molecule has 5 rings (SSSR count). The highest BCUT2D eigenvalue weighted by Crippen LogP contribution is 2.35. The van der Waals surface area contributed by atoms with E-state index in [0.717, 1.165) is 46.0 Å². The predicted molar refractivity (Wildman–Crippen MR) is 140 cm³/mol. The summed E-state index contributed by atoms with van der Waals surface area (Å²) in [6, 6.07) is 23.4. The van der Waals surface area contributed by atoms with E-state index < -0.39 is 0 Å². The van der Waals surface area contributed by atoms with Crippen LogP contribution in [0.15, 0.2) is 85.2 Å². The molecule has 8 nitrogen and oxygen atoms in total. The lowest BCUT2D eigenvalue weighted by Gasteiger charge is -2.11. The van der Waals surface area contributed by atoms with Gasteiger partial charge in [0.1, 0.15) is 18.1 Å². The molecule has 176 valence electrons. The molecular formula is C27H27N7O. The summed E-state index contributed by atoms with van der Waals surface area (Å²) in [5, 5.41) is 8.11. The summed E-state index contributed by atoms with van der Waals surface area (Å²) in [7, 11) is 4.05. The van der Waals surface area contributed by atoms with Gasteiger partial charge in [-0.05, 0) is 68.7 Å². The molecule has 5 aromatic rings. The largest absolute Gasteiger partial charge is 0.492 e. The Morgan fingerprint density at radius 2 is 1.86 bits per heavy atom. The topological polar surface area (TPSA) is 93.6 Å². The number of nitrogens with zero attached hydrogens (tertiary/aromatic N) is 5. The highest BCUT2D eigenvalue weighted by Gasteiger charge is 2.18. The molecular weight excluding hydrogens is 438 g/mol. The van der Waals surface area contributed by atoms with Crippen LogP contribution >= 0.6 is 0 Å². The summed E-state index contributed by atoms with van der Waals surface area (Å²) in [6.07, 6.45) is 3.68. The molecule has 8 heteroatoms. The van der Waals surface area contributed by atoms with E-state index in [9.17, 15) is 0 Å². The molecule has 0 bridgehead atoms. The van der Waals surface area contributed by atoms with Crippen molar-refractivity contribution in [3.63, 3.8) is 0 Å². The van der Waals surface area contributed by atoms with Crippen LogP contribution in [0.25, 0.3) is 28.0 Å². The second kappa shape index (κ2) is 9.82. The highest BCUT2D eigenvalue weighted by molar-refractivity contribution is 5.91. The molecule has 0 amide bonds. The number of anilines is 3. The van der Waals surface area contributed by atoms with Crippen molar-refractivity contribution in [2.24, 2.45) is 0 Å².